The fourth-order valence-electron chi connectivity index (χ4n) is 2.88. The Morgan fingerprint density at radius 2 is 1.84 bits per heavy atom. The van der Waals surface area contributed by atoms with Gasteiger partial charge in [-0.3, -0.25) is 14.0 Å². The Labute approximate surface area is 145 Å². The second-order valence-corrected chi connectivity index (χ2v) is 6.08. The molecule has 0 unspecified atom stereocenters. The lowest BCUT2D eigenvalue weighted by Crippen LogP contribution is -2.24. The molecule has 0 atom stereocenters. The average molecular weight is 336 g/mol. The van der Waals surface area contributed by atoms with Crippen molar-refractivity contribution in [2.45, 2.75) is 20.8 Å². The number of hydrogen-bond acceptors (Lipinski definition) is 4. The second-order valence-electron chi connectivity index (χ2n) is 6.08. The normalized spacial score (nSPS) is 10.7. The van der Waals surface area contributed by atoms with Crippen LogP contribution >= 0.6 is 0 Å². The Kier molecular flexibility index (Phi) is 4.52. The summed E-state index contributed by atoms with van der Waals surface area (Å²) >= 11 is 0. The van der Waals surface area contributed by atoms with Gasteiger partial charge >= 0.3 is 0 Å². The molecule has 25 heavy (non-hydrogen) atoms. The first-order valence-electron chi connectivity index (χ1n) is 8.04. The Hall–Kier alpha value is -3.15. The molecule has 0 aliphatic rings. The van der Waals surface area contributed by atoms with Crippen molar-refractivity contribution in [2.75, 3.05) is 17.2 Å². The molecule has 2 heterocycles. The van der Waals surface area contributed by atoms with Crippen molar-refractivity contribution >= 4 is 23.1 Å². The van der Waals surface area contributed by atoms with E-state index in [1.807, 2.05) is 32.9 Å². The zero-order chi connectivity index (χ0) is 18.0. The number of hydrogen-bond donors (Lipinski definition) is 2. The fourth-order valence-corrected chi connectivity index (χ4v) is 2.88. The Balaban J connectivity index is 1.72. The molecule has 0 saturated heterocycles. The molecule has 0 aliphatic carbocycles. The van der Waals surface area contributed by atoms with Crippen molar-refractivity contribution < 1.29 is 4.79 Å². The van der Waals surface area contributed by atoms with Gasteiger partial charge in [0.2, 0.25) is 5.91 Å². The number of amides is 1. The molecule has 2 aromatic heterocycles. The van der Waals surface area contributed by atoms with E-state index in [9.17, 15) is 9.59 Å². The molecule has 0 bridgehead atoms. The highest BCUT2D eigenvalue weighted by atomic mass is 16.2. The van der Waals surface area contributed by atoms with Crippen molar-refractivity contribution in [1.82, 2.24) is 9.38 Å². The molecule has 2 N–H and O–H groups in total. The summed E-state index contributed by atoms with van der Waals surface area (Å²) in [4.78, 5) is 28.6. The minimum Gasteiger partial charge on any atom is -0.361 e. The van der Waals surface area contributed by atoms with Crippen LogP contribution in [0.3, 0.4) is 0 Å². The van der Waals surface area contributed by atoms with E-state index in [1.165, 1.54) is 10.5 Å². The van der Waals surface area contributed by atoms with Gasteiger partial charge in [0.1, 0.15) is 11.5 Å². The average Bonchev–Trinajstić information content (AvgIpc) is 2.56. The van der Waals surface area contributed by atoms with E-state index < -0.39 is 0 Å². The second kappa shape index (κ2) is 6.76. The van der Waals surface area contributed by atoms with Crippen molar-refractivity contribution in [3.05, 3.63) is 69.6 Å². The number of carbonyl (C=O) groups is 1. The lowest BCUT2D eigenvalue weighted by atomic mass is 10.1. The largest absolute Gasteiger partial charge is 0.361 e. The number of nitrogens with one attached hydrogen (secondary N) is 2. The first-order chi connectivity index (χ1) is 11.9. The summed E-state index contributed by atoms with van der Waals surface area (Å²) < 4.78 is 1.45. The predicted octanol–water partition coefficient (Wildman–Crippen LogP) is 2.67. The highest BCUT2D eigenvalue weighted by molar-refractivity contribution is 5.95. The molecule has 6 nitrogen and oxygen atoms in total. The van der Waals surface area contributed by atoms with Gasteiger partial charge in [-0.05, 0) is 44.0 Å². The number of fused-ring (bicyclic) bond motifs is 1. The van der Waals surface area contributed by atoms with Crippen molar-refractivity contribution in [3.8, 4) is 0 Å². The van der Waals surface area contributed by atoms with Gasteiger partial charge in [0.05, 0.1) is 6.54 Å². The van der Waals surface area contributed by atoms with Crippen molar-refractivity contribution in [2.24, 2.45) is 0 Å². The van der Waals surface area contributed by atoms with Gasteiger partial charge in [-0.2, -0.15) is 0 Å². The molecule has 3 rings (SSSR count). The number of carbonyl (C=O) groups excluding carboxylic acids is 1. The summed E-state index contributed by atoms with van der Waals surface area (Å²) in [6, 6.07) is 10.8. The molecular formula is C19H20N4O2. The summed E-state index contributed by atoms with van der Waals surface area (Å²) in [5, 5.41) is 5.83. The summed E-state index contributed by atoms with van der Waals surface area (Å²) in [5.74, 6) is 0.189. The lowest BCUT2D eigenvalue weighted by molar-refractivity contribution is -0.114. The van der Waals surface area contributed by atoms with E-state index >= 15 is 0 Å². The molecular weight excluding hydrogens is 316 g/mol. The smallest absolute Gasteiger partial charge is 0.259 e. The monoisotopic (exact) mass is 336 g/mol. The van der Waals surface area contributed by atoms with E-state index in [1.54, 1.807) is 24.4 Å². The standard InChI is InChI=1S/C19H20N4O2/c1-12-8-13(2)19(14(3)9-12)22-17(24)11-20-15-10-18(25)23-7-5-4-6-16(23)21-15/h4-10,20H,11H2,1-3H3,(H,22,24). The maximum atomic E-state index is 12.2. The number of benzene rings is 1. The zero-order valence-corrected chi connectivity index (χ0v) is 14.5. The van der Waals surface area contributed by atoms with Gasteiger partial charge in [0, 0.05) is 18.0 Å². The number of pyridine rings is 1. The third-order valence-corrected chi connectivity index (χ3v) is 3.94. The van der Waals surface area contributed by atoms with Crippen LogP contribution in [0.5, 0.6) is 0 Å². The van der Waals surface area contributed by atoms with Crippen molar-refractivity contribution in [3.63, 3.8) is 0 Å². The maximum absolute atomic E-state index is 12.2. The van der Waals surface area contributed by atoms with E-state index in [0.29, 0.717) is 11.5 Å². The first-order valence-corrected chi connectivity index (χ1v) is 8.04. The molecule has 1 amide bonds. The molecule has 0 spiro atoms. The minimum absolute atomic E-state index is 0.0300. The Morgan fingerprint density at radius 3 is 2.56 bits per heavy atom. The summed E-state index contributed by atoms with van der Waals surface area (Å²) in [6.45, 7) is 5.99. The number of nitrogens with zero attached hydrogens (tertiary/aromatic N) is 2. The third kappa shape index (κ3) is 3.68. The Bertz CT molecular complexity index is 985. The number of rotatable bonds is 4. The summed E-state index contributed by atoms with van der Waals surface area (Å²) in [6.07, 6.45) is 1.66. The third-order valence-electron chi connectivity index (χ3n) is 3.94. The molecule has 0 fully saturated rings. The van der Waals surface area contributed by atoms with Crippen LogP contribution in [-0.4, -0.2) is 21.8 Å². The van der Waals surface area contributed by atoms with E-state index in [4.69, 9.17) is 0 Å². The minimum atomic E-state index is -0.196. The van der Waals surface area contributed by atoms with Crippen LogP contribution in [0, 0.1) is 20.8 Å². The molecule has 0 radical (unpaired) electrons. The summed E-state index contributed by atoms with van der Waals surface area (Å²) in [5.41, 5.74) is 4.36. The molecule has 128 valence electrons. The van der Waals surface area contributed by atoms with Gasteiger partial charge in [0.25, 0.3) is 5.56 Å². The topological polar surface area (TPSA) is 75.5 Å². The number of aryl methyl sites for hydroxylation is 3. The first kappa shape index (κ1) is 16.7. The Morgan fingerprint density at radius 1 is 1.12 bits per heavy atom. The summed E-state index contributed by atoms with van der Waals surface area (Å²) in [7, 11) is 0. The van der Waals surface area contributed by atoms with Crippen LogP contribution in [0.25, 0.3) is 5.65 Å². The zero-order valence-electron chi connectivity index (χ0n) is 14.5. The molecule has 6 heteroatoms. The van der Waals surface area contributed by atoms with Gasteiger partial charge in [-0.25, -0.2) is 4.98 Å². The van der Waals surface area contributed by atoms with E-state index in [0.717, 1.165) is 22.4 Å². The van der Waals surface area contributed by atoms with Crippen LogP contribution in [0.1, 0.15) is 16.7 Å². The highest BCUT2D eigenvalue weighted by Gasteiger charge is 2.09. The number of anilines is 2. The molecule has 0 aliphatic heterocycles. The number of aromatic nitrogens is 2. The van der Waals surface area contributed by atoms with Gasteiger partial charge < -0.3 is 10.6 Å². The van der Waals surface area contributed by atoms with E-state index in [-0.39, 0.29) is 18.0 Å². The van der Waals surface area contributed by atoms with Crippen LogP contribution in [0.4, 0.5) is 11.5 Å². The molecule has 3 aromatic rings. The van der Waals surface area contributed by atoms with E-state index in [2.05, 4.69) is 15.6 Å². The molecule has 0 saturated carbocycles. The van der Waals surface area contributed by atoms with Crippen LogP contribution in [-0.2, 0) is 4.79 Å². The van der Waals surface area contributed by atoms with Gasteiger partial charge in [0.15, 0.2) is 0 Å². The molecule has 1 aromatic carbocycles. The van der Waals surface area contributed by atoms with Crippen molar-refractivity contribution in [1.29, 1.82) is 0 Å². The quantitative estimate of drug-likeness (QED) is 0.768. The van der Waals surface area contributed by atoms with Crippen LogP contribution < -0.4 is 16.2 Å². The lowest BCUT2D eigenvalue weighted by Gasteiger charge is -2.13. The SMILES string of the molecule is Cc1cc(C)c(NC(=O)CNc2cc(=O)n3ccccc3n2)c(C)c1. The van der Waals surface area contributed by atoms with Gasteiger partial charge in [-0.15, -0.1) is 0 Å². The van der Waals surface area contributed by atoms with Gasteiger partial charge in [-0.1, -0.05) is 23.8 Å². The predicted molar refractivity (Wildman–Crippen MR) is 99.2 cm³/mol. The van der Waals surface area contributed by atoms with Crippen LogP contribution in [0.2, 0.25) is 0 Å². The van der Waals surface area contributed by atoms with Crippen LogP contribution in [0.15, 0.2) is 47.4 Å². The maximum Gasteiger partial charge on any atom is 0.259 e. The highest BCUT2D eigenvalue weighted by Crippen LogP contribution is 2.21. The fraction of sp³-hybridized carbons (Fsp3) is 0.211.